The van der Waals surface area contributed by atoms with Gasteiger partial charge in [-0.05, 0) is 54.4 Å². The molecule has 0 fully saturated rings. The molecule has 2 aromatic rings. The van der Waals surface area contributed by atoms with Crippen LogP contribution >= 0.6 is 23.4 Å². The Hall–Kier alpha value is -1.23. The van der Waals surface area contributed by atoms with Crippen LogP contribution in [0.3, 0.4) is 0 Å². The minimum atomic E-state index is -0.229. The third-order valence-electron chi connectivity index (χ3n) is 3.00. The van der Waals surface area contributed by atoms with E-state index in [1.807, 2.05) is 12.1 Å². The van der Waals surface area contributed by atoms with Gasteiger partial charge in [0.2, 0.25) is 0 Å². The molecule has 1 unspecified atom stereocenters. The summed E-state index contributed by atoms with van der Waals surface area (Å²) < 4.78 is 18.1. The van der Waals surface area contributed by atoms with Crippen molar-refractivity contribution in [2.75, 3.05) is 12.9 Å². The lowest BCUT2D eigenvalue weighted by molar-refractivity contribution is 0.408. The fraction of sp³-hybridized carbons (Fsp3) is 0.250. The van der Waals surface area contributed by atoms with Crippen LogP contribution in [0.1, 0.15) is 5.56 Å². The Bertz CT molecular complexity index is 591. The first-order chi connectivity index (χ1) is 10.1. The molecule has 0 bridgehead atoms. The molecule has 0 heterocycles. The zero-order valence-electron chi connectivity index (χ0n) is 11.7. The van der Waals surface area contributed by atoms with E-state index in [1.165, 1.54) is 12.1 Å². The van der Waals surface area contributed by atoms with E-state index < -0.39 is 0 Å². The molecule has 2 aromatic carbocycles. The second-order valence-corrected chi connectivity index (χ2v) is 6.22. The van der Waals surface area contributed by atoms with Crippen LogP contribution in [0, 0.1) is 5.82 Å². The molecule has 2 N–H and O–H groups in total. The monoisotopic (exact) mass is 325 g/mol. The normalized spacial score (nSPS) is 12.2. The van der Waals surface area contributed by atoms with Crippen LogP contribution in [0.25, 0.3) is 0 Å². The maximum Gasteiger partial charge on any atom is 0.123 e. The lowest BCUT2D eigenvalue weighted by Gasteiger charge is -2.14. The van der Waals surface area contributed by atoms with E-state index in [-0.39, 0.29) is 11.9 Å². The zero-order valence-corrected chi connectivity index (χ0v) is 13.3. The number of hydrogen-bond acceptors (Lipinski definition) is 3. The van der Waals surface area contributed by atoms with Gasteiger partial charge in [-0.3, -0.25) is 0 Å². The number of rotatable bonds is 6. The topological polar surface area (TPSA) is 35.2 Å². The fourth-order valence-electron chi connectivity index (χ4n) is 1.98. The van der Waals surface area contributed by atoms with E-state index in [4.69, 9.17) is 22.1 Å². The van der Waals surface area contributed by atoms with Crippen LogP contribution in [-0.2, 0) is 6.42 Å². The molecule has 1 atom stereocenters. The first kappa shape index (κ1) is 16.1. The third kappa shape index (κ3) is 4.92. The highest BCUT2D eigenvalue weighted by molar-refractivity contribution is 7.99. The molecule has 0 radical (unpaired) electrons. The van der Waals surface area contributed by atoms with Gasteiger partial charge in [-0.2, -0.15) is 0 Å². The van der Waals surface area contributed by atoms with Gasteiger partial charge in [-0.1, -0.05) is 11.6 Å². The summed E-state index contributed by atoms with van der Waals surface area (Å²) in [6.45, 7) is 0. The number of nitrogens with two attached hydrogens (primary N) is 1. The Morgan fingerprint density at radius 3 is 2.62 bits per heavy atom. The highest BCUT2D eigenvalue weighted by Crippen LogP contribution is 2.25. The van der Waals surface area contributed by atoms with E-state index in [2.05, 4.69) is 0 Å². The molecule has 0 saturated heterocycles. The van der Waals surface area contributed by atoms with Crippen molar-refractivity contribution < 1.29 is 9.13 Å². The minimum Gasteiger partial charge on any atom is -0.496 e. The highest BCUT2D eigenvalue weighted by atomic mass is 35.5. The van der Waals surface area contributed by atoms with Crippen molar-refractivity contribution >= 4 is 23.4 Å². The number of ether oxygens (including phenoxy) is 1. The summed E-state index contributed by atoms with van der Waals surface area (Å²) in [5, 5.41) is 0.671. The largest absolute Gasteiger partial charge is 0.496 e. The van der Waals surface area contributed by atoms with Crippen molar-refractivity contribution in [2.45, 2.75) is 17.4 Å². The van der Waals surface area contributed by atoms with Crippen LogP contribution in [0.5, 0.6) is 5.75 Å². The first-order valence-electron chi connectivity index (χ1n) is 6.55. The molecular weight excluding hydrogens is 309 g/mol. The van der Waals surface area contributed by atoms with Gasteiger partial charge in [0, 0.05) is 21.7 Å². The van der Waals surface area contributed by atoms with Gasteiger partial charge in [0.1, 0.15) is 11.6 Å². The molecule has 2 nitrogen and oxygen atoms in total. The third-order valence-corrected chi connectivity index (χ3v) is 4.44. The number of benzene rings is 2. The van der Waals surface area contributed by atoms with Gasteiger partial charge >= 0.3 is 0 Å². The smallest absolute Gasteiger partial charge is 0.123 e. The van der Waals surface area contributed by atoms with E-state index in [0.29, 0.717) is 11.4 Å². The van der Waals surface area contributed by atoms with Crippen LogP contribution < -0.4 is 10.5 Å². The standard InChI is InChI=1S/C16H17ClFNOS/c1-20-16-7-2-12(17)8-11(16)9-14(19)10-21-15-5-3-13(18)4-6-15/h2-8,14H,9-10,19H2,1H3. The Morgan fingerprint density at radius 2 is 1.95 bits per heavy atom. The number of methoxy groups -OCH3 is 1. The highest BCUT2D eigenvalue weighted by Gasteiger charge is 2.10. The second kappa shape index (κ2) is 7.69. The molecule has 0 aromatic heterocycles. The molecule has 21 heavy (non-hydrogen) atoms. The molecule has 5 heteroatoms. The Morgan fingerprint density at radius 1 is 1.24 bits per heavy atom. The molecule has 0 aliphatic rings. The summed E-state index contributed by atoms with van der Waals surface area (Å²) in [5.41, 5.74) is 7.16. The lowest BCUT2D eigenvalue weighted by atomic mass is 10.1. The summed E-state index contributed by atoms with van der Waals surface area (Å²) >= 11 is 7.62. The SMILES string of the molecule is COc1ccc(Cl)cc1CC(N)CSc1ccc(F)cc1. The maximum atomic E-state index is 12.8. The maximum absolute atomic E-state index is 12.8. The number of halogens is 2. The fourth-order valence-corrected chi connectivity index (χ4v) is 3.03. The first-order valence-corrected chi connectivity index (χ1v) is 7.91. The average Bonchev–Trinajstić information content (AvgIpc) is 2.47. The van der Waals surface area contributed by atoms with Crippen molar-refractivity contribution in [1.29, 1.82) is 0 Å². The second-order valence-electron chi connectivity index (χ2n) is 4.69. The quantitative estimate of drug-likeness (QED) is 0.810. The van der Waals surface area contributed by atoms with Crippen LogP contribution in [0.15, 0.2) is 47.4 Å². The van der Waals surface area contributed by atoms with Gasteiger partial charge in [0.05, 0.1) is 7.11 Å². The Balaban J connectivity index is 1.94. The molecule has 112 valence electrons. The summed E-state index contributed by atoms with van der Waals surface area (Å²) in [5.74, 6) is 1.30. The number of hydrogen-bond donors (Lipinski definition) is 1. The summed E-state index contributed by atoms with van der Waals surface area (Å²) in [7, 11) is 1.63. The van der Waals surface area contributed by atoms with E-state index >= 15 is 0 Å². The van der Waals surface area contributed by atoms with Gasteiger partial charge in [0.25, 0.3) is 0 Å². The molecular formula is C16H17ClFNOS. The predicted molar refractivity (Wildman–Crippen MR) is 86.8 cm³/mol. The molecule has 0 spiro atoms. The van der Waals surface area contributed by atoms with Crippen molar-refractivity contribution in [3.8, 4) is 5.75 Å². The number of thioether (sulfide) groups is 1. The van der Waals surface area contributed by atoms with Crippen LogP contribution in [0.4, 0.5) is 4.39 Å². The minimum absolute atomic E-state index is 0.0348. The molecule has 0 saturated carbocycles. The van der Waals surface area contributed by atoms with Crippen molar-refractivity contribution in [3.05, 3.63) is 58.9 Å². The summed E-state index contributed by atoms with van der Waals surface area (Å²) in [4.78, 5) is 1.00. The molecule has 0 aliphatic heterocycles. The van der Waals surface area contributed by atoms with Gasteiger partial charge in [-0.25, -0.2) is 4.39 Å². The van der Waals surface area contributed by atoms with Crippen LogP contribution in [-0.4, -0.2) is 18.9 Å². The van der Waals surface area contributed by atoms with Gasteiger partial charge in [0.15, 0.2) is 0 Å². The van der Waals surface area contributed by atoms with E-state index in [1.54, 1.807) is 37.1 Å². The molecule has 2 rings (SSSR count). The summed E-state index contributed by atoms with van der Waals surface area (Å²) in [6.07, 6.45) is 0.679. The van der Waals surface area contributed by atoms with Crippen molar-refractivity contribution in [3.63, 3.8) is 0 Å². The van der Waals surface area contributed by atoms with Gasteiger partial charge in [-0.15, -0.1) is 11.8 Å². The molecule has 0 aliphatic carbocycles. The zero-order chi connectivity index (χ0) is 15.2. The Labute approximate surface area is 133 Å². The van der Waals surface area contributed by atoms with E-state index in [0.717, 1.165) is 22.0 Å². The molecule has 0 amide bonds. The Kier molecular flexibility index (Phi) is 5.91. The van der Waals surface area contributed by atoms with E-state index in [9.17, 15) is 4.39 Å². The summed E-state index contributed by atoms with van der Waals surface area (Å²) in [6, 6.07) is 11.9. The van der Waals surface area contributed by atoms with Gasteiger partial charge < -0.3 is 10.5 Å². The van der Waals surface area contributed by atoms with Crippen molar-refractivity contribution in [1.82, 2.24) is 0 Å². The van der Waals surface area contributed by atoms with Crippen molar-refractivity contribution in [2.24, 2.45) is 5.73 Å². The average molecular weight is 326 g/mol. The predicted octanol–water partition coefficient (Wildman–Crippen LogP) is 4.15. The van der Waals surface area contributed by atoms with Crippen LogP contribution in [0.2, 0.25) is 5.02 Å². The lowest BCUT2D eigenvalue weighted by Crippen LogP contribution is -2.25.